The molecule has 2 aromatic heterocycles. The van der Waals surface area contributed by atoms with Crippen molar-refractivity contribution < 1.29 is 0 Å². The molecular weight excluding hydrogens is 278 g/mol. The Morgan fingerprint density at radius 3 is 2.95 bits per heavy atom. The molecule has 7 nitrogen and oxygen atoms in total. The monoisotopic (exact) mass is 303 g/mol. The van der Waals surface area contributed by atoms with Gasteiger partial charge in [0.15, 0.2) is 0 Å². The molecule has 1 saturated heterocycles. The molecule has 0 spiro atoms. The van der Waals surface area contributed by atoms with Crippen LogP contribution in [0.3, 0.4) is 0 Å². The van der Waals surface area contributed by atoms with Crippen molar-refractivity contribution in [1.29, 1.82) is 0 Å². The van der Waals surface area contributed by atoms with Crippen LogP contribution in [0.5, 0.6) is 0 Å². The molecule has 1 aliphatic heterocycles. The van der Waals surface area contributed by atoms with E-state index in [1.807, 2.05) is 34.7 Å². The van der Waals surface area contributed by atoms with Gasteiger partial charge in [0.2, 0.25) is 0 Å². The fraction of sp³-hybridized carbons (Fsp3) is 0.733. The summed E-state index contributed by atoms with van der Waals surface area (Å²) in [6.45, 7) is 6.22. The summed E-state index contributed by atoms with van der Waals surface area (Å²) in [6, 6.07) is 2.68. The summed E-state index contributed by atoms with van der Waals surface area (Å²) in [7, 11) is 0. The normalized spacial score (nSPS) is 19.6. The van der Waals surface area contributed by atoms with Gasteiger partial charge < -0.3 is 4.90 Å². The molecule has 0 aromatic carbocycles. The number of nitrogens with zero attached hydrogens (tertiary/aromatic N) is 7. The van der Waals surface area contributed by atoms with E-state index in [4.69, 9.17) is 0 Å². The molecule has 3 heterocycles. The van der Waals surface area contributed by atoms with Crippen molar-refractivity contribution in [3.8, 4) is 0 Å². The number of piperidine rings is 1. The van der Waals surface area contributed by atoms with Crippen LogP contribution in [0.25, 0.3) is 0 Å². The van der Waals surface area contributed by atoms with Crippen molar-refractivity contribution in [2.75, 3.05) is 13.1 Å². The van der Waals surface area contributed by atoms with Crippen molar-refractivity contribution in [2.24, 2.45) is 0 Å². The van der Waals surface area contributed by atoms with Gasteiger partial charge in [-0.25, -0.2) is 4.68 Å². The standard InChI is InChI=1S/C15H25N7/c1-14-17-18-19-22(14)12-5-10-20-9-3-2-6-15(20)7-13-21-11-4-8-16-21/h4,8,11,15H,2-3,5-7,9-10,12-13H2,1H3/t15-/m0/s1. The van der Waals surface area contributed by atoms with Crippen molar-refractivity contribution in [3.63, 3.8) is 0 Å². The third kappa shape index (κ3) is 3.91. The average molecular weight is 303 g/mol. The molecule has 0 aliphatic carbocycles. The first kappa shape index (κ1) is 15.1. The summed E-state index contributed by atoms with van der Waals surface area (Å²) in [5.74, 6) is 0.897. The highest BCUT2D eigenvalue weighted by Gasteiger charge is 2.21. The minimum atomic E-state index is 0.688. The average Bonchev–Trinajstić information content (AvgIpc) is 3.18. The number of aryl methyl sites for hydroxylation is 3. The molecule has 0 amide bonds. The molecule has 0 bridgehead atoms. The molecule has 0 unspecified atom stereocenters. The van der Waals surface area contributed by atoms with Gasteiger partial charge in [-0.2, -0.15) is 5.10 Å². The molecule has 3 rings (SSSR count). The maximum Gasteiger partial charge on any atom is 0.148 e. The molecule has 120 valence electrons. The van der Waals surface area contributed by atoms with Crippen LogP contribution in [0.1, 0.15) is 37.9 Å². The summed E-state index contributed by atoms with van der Waals surface area (Å²) >= 11 is 0. The van der Waals surface area contributed by atoms with E-state index in [9.17, 15) is 0 Å². The molecule has 0 N–H and O–H groups in total. The Morgan fingerprint density at radius 1 is 1.23 bits per heavy atom. The van der Waals surface area contributed by atoms with E-state index in [-0.39, 0.29) is 0 Å². The second-order valence-corrected chi connectivity index (χ2v) is 6.05. The first-order valence-electron chi connectivity index (χ1n) is 8.27. The molecule has 1 aliphatic rings. The lowest BCUT2D eigenvalue weighted by atomic mass is 9.99. The van der Waals surface area contributed by atoms with Crippen LogP contribution < -0.4 is 0 Å². The molecule has 0 radical (unpaired) electrons. The van der Waals surface area contributed by atoms with Gasteiger partial charge in [0, 0.05) is 38.1 Å². The number of tetrazole rings is 1. The summed E-state index contributed by atoms with van der Waals surface area (Å²) in [5.41, 5.74) is 0. The van der Waals surface area contributed by atoms with Gasteiger partial charge in [-0.15, -0.1) is 5.10 Å². The lowest BCUT2D eigenvalue weighted by molar-refractivity contribution is 0.131. The van der Waals surface area contributed by atoms with Crippen LogP contribution >= 0.6 is 0 Å². The Labute approximate surface area is 131 Å². The number of rotatable bonds is 7. The topological polar surface area (TPSA) is 64.7 Å². The van der Waals surface area contributed by atoms with Gasteiger partial charge in [-0.05, 0) is 55.6 Å². The predicted molar refractivity (Wildman–Crippen MR) is 83.2 cm³/mol. The Morgan fingerprint density at radius 2 is 2.18 bits per heavy atom. The fourth-order valence-corrected chi connectivity index (χ4v) is 3.27. The van der Waals surface area contributed by atoms with Crippen LogP contribution in [-0.4, -0.2) is 54.0 Å². The summed E-state index contributed by atoms with van der Waals surface area (Å²) in [5, 5.41) is 16.0. The molecule has 1 atom stereocenters. The number of hydrogen-bond donors (Lipinski definition) is 0. The van der Waals surface area contributed by atoms with E-state index in [0.29, 0.717) is 6.04 Å². The molecule has 7 heteroatoms. The minimum absolute atomic E-state index is 0.688. The lowest BCUT2D eigenvalue weighted by Gasteiger charge is -2.35. The van der Waals surface area contributed by atoms with E-state index >= 15 is 0 Å². The minimum Gasteiger partial charge on any atom is -0.300 e. The first-order valence-corrected chi connectivity index (χ1v) is 8.27. The molecule has 2 aromatic rings. The van der Waals surface area contributed by atoms with Crippen molar-refractivity contribution in [2.45, 2.75) is 58.2 Å². The van der Waals surface area contributed by atoms with E-state index in [1.54, 1.807) is 0 Å². The van der Waals surface area contributed by atoms with Gasteiger partial charge in [-0.1, -0.05) is 6.42 Å². The highest BCUT2D eigenvalue weighted by Crippen LogP contribution is 2.20. The highest BCUT2D eigenvalue weighted by molar-refractivity contribution is 4.81. The van der Waals surface area contributed by atoms with Crippen molar-refractivity contribution in [1.82, 2.24) is 34.9 Å². The predicted octanol–water partition coefficient (Wildman–Crippen LogP) is 1.51. The summed E-state index contributed by atoms with van der Waals surface area (Å²) in [4.78, 5) is 2.65. The van der Waals surface area contributed by atoms with E-state index in [2.05, 4.69) is 25.5 Å². The first-order chi connectivity index (χ1) is 10.8. The Kier molecular flexibility index (Phi) is 5.15. The third-order valence-corrected chi connectivity index (χ3v) is 4.53. The SMILES string of the molecule is Cc1nnnn1CCCN1CCCC[C@H]1CCn1cccn1. The zero-order valence-electron chi connectivity index (χ0n) is 13.3. The van der Waals surface area contributed by atoms with E-state index in [0.717, 1.165) is 31.9 Å². The Hall–Kier alpha value is -1.76. The third-order valence-electron chi connectivity index (χ3n) is 4.53. The summed E-state index contributed by atoms with van der Waals surface area (Å²) < 4.78 is 3.93. The van der Waals surface area contributed by atoms with Gasteiger partial charge in [0.25, 0.3) is 0 Å². The molecular formula is C15H25N7. The number of aromatic nitrogens is 6. The highest BCUT2D eigenvalue weighted by atomic mass is 15.5. The lowest BCUT2D eigenvalue weighted by Crippen LogP contribution is -2.41. The van der Waals surface area contributed by atoms with E-state index < -0.39 is 0 Å². The van der Waals surface area contributed by atoms with Gasteiger partial charge in [0.1, 0.15) is 5.82 Å². The maximum atomic E-state index is 4.30. The zero-order chi connectivity index (χ0) is 15.2. The van der Waals surface area contributed by atoms with Gasteiger partial charge >= 0.3 is 0 Å². The number of likely N-dealkylation sites (tertiary alicyclic amines) is 1. The summed E-state index contributed by atoms with van der Waals surface area (Å²) in [6.07, 6.45) is 10.2. The van der Waals surface area contributed by atoms with Crippen LogP contribution in [0.4, 0.5) is 0 Å². The molecule has 1 fully saturated rings. The van der Waals surface area contributed by atoms with Crippen LogP contribution in [0, 0.1) is 6.92 Å². The van der Waals surface area contributed by atoms with Gasteiger partial charge in [-0.3, -0.25) is 4.68 Å². The van der Waals surface area contributed by atoms with Crippen molar-refractivity contribution >= 4 is 0 Å². The van der Waals surface area contributed by atoms with Crippen LogP contribution in [0.2, 0.25) is 0 Å². The second kappa shape index (κ2) is 7.49. The van der Waals surface area contributed by atoms with Crippen molar-refractivity contribution in [3.05, 3.63) is 24.3 Å². The maximum absolute atomic E-state index is 4.30. The Balaban J connectivity index is 1.46. The Bertz CT molecular complexity index is 548. The second-order valence-electron chi connectivity index (χ2n) is 6.05. The zero-order valence-corrected chi connectivity index (χ0v) is 13.3. The van der Waals surface area contributed by atoms with Crippen LogP contribution in [0.15, 0.2) is 18.5 Å². The molecule has 22 heavy (non-hydrogen) atoms. The van der Waals surface area contributed by atoms with E-state index in [1.165, 1.54) is 32.2 Å². The smallest absolute Gasteiger partial charge is 0.148 e. The largest absolute Gasteiger partial charge is 0.300 e. The quantitative estimate of drug-likeness (QED) is 0.776. The fourth-order valence-electron chi connectivity index (χ4n) is 3.27. The van der Waals surface area contributed by atoms with Gasteiger partial charge in [0.05, 0.1) is 0 Å². The molecule has 0 saturated carbocycles. The van der Waals surface area contributed by atoms with Crippen LogP contribution in [-0.2, 0) is 13.1 Å². The number of hydrogen-bond acceptors (Lipinski definition) is 5.